The number of aromatic nitrogens is 1. The van der Waals surface area contributed by atoms with Crippen molar-refractivity contribution in [1.82, 2.24) is 9.88 Å². The Morgan fingerprint density at radius 3 is 2.52 bits per heavy atom. The molecule has 2 heterocycles. The van der Waals surface area contributed by atoms with E-state index < -0.39 is 0 Å². The van der Waals surface area contributed by atoms with Crippen LogP contribution in [0.2, 0.25) is 0 Å². The molecule has 0 aliphatic carbocycles. The van der Waals surface area contributed by atoms with Crippen LogP contribution in [0.15, 0.2) is 46.9 Å². The third kappa shape index (κ3) is 5.72. The van der Waals surface area contributed by atoms with E-state index in [0.29, 0.717) is 31.5 Å². The Bertz CT molecular complexity index is 1110. The van der Waals surface area contributed by atoms with Gasteiger partial charge in [-0.3, -0.25) is 4.90 Å². The first-order valence-electron chi connectivity index (χ1n) is 11.3. The predicted molar refractivity (Wildman–Crippen MR) is 126 cm³/mol. The van der Waals surface area contributed by atoms with Gasteiger partial charge in [0.05, 0.1) is 19.3 Å². The first-order valence-corrected chi connectivity index (χ1v) is 11.3. The van der Waals surface area contributed by atoms with Crippen LogP contribution in [0.1, 0.15) is 39.9 Å². The zero-order valence-electron chi connectivity index (χ0n) is 19.4. The lowest BCUT2D eigenvalue weighted by Crippen LogP contribution is -2.41. The lowest BCUT2D eigenvalue weighted by Gasteiger charge is -2.35. The van der Waals surface area contributed by atoms with E-state index in [1.807, 2.05) is 26.0 Å². The molecule has 1 atom stereocenters. The van der Waals surface area contributed by atoms with E-state index >= 15 is 0 Å². The lowest BCUT2D eigenvalue weighted by molar-refractivity contribution is 0.0186. The number of nitrogens with zero attached hydrogens (tertiary/aromatic N) is 3. The van der Waals surface area contributed by atoms with Crippen LogP contribution in [-0.4, -0.2) is 42.7 Å². The van der Waals surface area contributed by atoms with Crippen LogP contribution < -0.4 is 10.1 Å². The second-order valence-corrected chi connectivity index (χ2v) is 8.41. The fraction of sp³-hybridized carbons (Fsp3) is 0.385. The average molecular weight is 447 g/mol. The molecule has 0 saturated carbocycles. The van der Waals surface area contributed by atoms with Gasteiger partial charge in [0.2, 0.25) is 17.5 Å². The molecule has 0 unspecified atom stereocenters. The van der Waals surface area contributed by atoms with Crippen LogP contribution in [0.3, 0.4) is 0 Å². The Labute approximate surface area is 194 Å². The highest BCUT2D eigenvalue weighted by Crippen LogP contribution is 2.26. The fourth-order valence-electron chi connectivity index (χ4n) is 4.05. The molecule has 1 N–H and O–H groups in total. The number of nitrogens with one attached hydrogen (secondary N) is 1. The molecule has 4 rings (SSSR count). The van der Waals surface area contributed by atoms with Crippen LogP contribution in [0.25, 0.3) is 0 Å². The maximum Gasteiger partial charge on any atom is 0.236 e. The van der Waals surface area contributed by atoms with Crippen molar-refractivity contribution in [2.24, 2.45) is 0 Å². The topological polar surface area (TPSA) is 83.6 Å². The lowest BCUT2D eigenvalue weighted by atomic mass is 10.0. The number of oxazole rings is 1. The summed E-state index contributed by atoms with van der Waals surface area (Å²) in [5, 5.41) is 12.9. The number of hydrogen-bond acceptors (Lipinski definition) is 7. The first kappa shape index (κ1) is 22.8. The van der Waals surface area contributed by atoms with Crippen LogP contribution in [-0.2, 0) is 11.3 Å². The van der Waals surface area contributed by atoms with Crippen molar-refractivity contribution in [3.63, 3.8) is 0 Å². The molecule has 2 aromatic carbocycles. The molecule has 33 heavy (non-hydrogen) atoms. The predicted octanol–water partition coefficient (Wildman–Crippen LogP) is 4.54. The molecule has 1 fully saturated rings. The smallest absolute Gasteiger partial charge is 0.236 e. The van der Waals surface area contributed by atoms with E-state index in [1.54, 1.807) is 0 Å². The van der Waals surface area contributed by atoms with Gasteiger partial charge in [-0.15, -0.1) is 0 Å². The number of anilines is 1. The van der Waals surface area contributed by atoms with Crippen molar-refractivity contribution >= 4 is 5.88 Å². The van der Waals surface area contributed by atoms with Gasteiger partial charge in [0.25, 0.3) is 0 Å². The van der Waals surface area contributed by atoms with Crippen molar-refractivity contribution in [3.05, 3.63) is 76.3 Å². The molecule has 1 aliphatic rings. The standard InChI is InChI=1S/C26H30N4O3/c1-18-4-7-21(8-5-18)23(30-10-12-31-13-11-30)16-28-26-22(15-27)29-25(33-26)17-32-24-9-6-19(2)14-20(24)3/h4-9,14,23,28H,10-13,16-17H2,1-3H3/t23-/m0/s1. The monoisotopic (exact) mass is 446 g/mol. The number of hydrogen-bond donors (Lipinski definition) is 1. The Balaban J connectivity index is 1.46. The summed E-state index contributed by atoms with van der Waals surface area (Å²) in [5.41, 5.74) is 4.90. The highest BCUT2D eigenvalue weighted by molar-refractivity contribution is 5.46. The minimum atomic E-state index is 0.126. The zero-order valence-corrected chi connectivity index (χ0v) is 19.4. The summed E-state index contributed by atoms with van der Waals surface area (Å²) in [6.07, 6.45) is 0. The van der Waals surface area contributed by atoms with E-state index in [1.165, 1.54) is 16.7 Å². The van der Waals surface area contributed by atoms with Gasteiger partial charge in [-0.25, -0.2) is 0 Å². The molecule has 172 valence electrons. The molecule has 7 nitrogen and oxygen atoms in total. The van der Waals surface area contributed by atoms with Gasteiger partial charge in [0.15, 0.2) is 6.61 Å². The SMILES string of the molecule is Cc1ccc([C@H](CNc2oc(COc3ccc(C)cc3C)nc2C#N)N2CCOCC2)cc1. The molecule has 1 saturated heterocycles. The van der Waals surface area contributed by atoms with Crippen molar-refractivity contribution in [2.75, 3.05) is 38.2 Å². The number of morpholine rings is 1. The van der Waals surface area contributed by atoms with E-state index in [2.05, 4.69) is 58.5 Å². The summed E-state index contributed by atoms with van der Waals surface area (Å²) in [6, 6.07) is 16.8. The summed E-state index contributed by atoms with van der Waals surface area (Å²) in [6.45, 7) is 10.0. The minimum absolute atomic E-state index is 0.126. The number of benzene rings is 2. The Morgan fingerprint density at radius 1 is 1.09 bits per heavy atom. The highest BCUT2D eigenvalue weighted by atomic mass is 16.5. The van der Waals surface area contributed by atoms with Crippen LogP contribution in [0.5, 0.6) is 5.75 Å². The second-order valence-electron chi connectivity index (χ2n) is 8.41. The molecular formula is C26H30N4O3. The largest absolute Gasteiger partial charge is 0.484 e. The number of rotatable bonds is 8. The van der Waals surface area contributed by atoms with Gasteiger partial charge in [0.1, 0.15) is 11.8 Å². The number of ether oxygens (including phenoxy) is 2. The zero-order chi connectivity index (χ0) is 23.2. The van der Waals surface area contributed by atoms with Crippen molar-refractivity contribution in [3.8, 4) is 11.8 Å². The Hall–Kier alpha value is -3.34. The van der Waals surface area contributed by atoms with Gasteiger partial charge in [0, 0.05) is 19.6 Å². The quantitative estimate of drug-likeness (QED) is 0.544. The molecule has 1 aliphatic heterocycles. The van der Waals surface area contributed by atoms with Gasteiger partial charge < -0.3 is 19.2 Å². The van der Waals surface area contributed by atoms with E-state index in [-0.39, 0.29) is 18.3 Å². The fourth-order valence-corrected chi connectivity index (χ4v) is 4.05. The third-order valence-corrected chi connectivity index (χ3v) is 5.86. The molecule has 0 bridgehead atoms. The second kappa shape index (κ2) is 10.5. The third-order valence-electron chi connectivity index (χ3n) is 5.86. The van der Waals surface area contributed by atoms with E-state index in [9.17, 15) is 5.26 Å². The van der Waals surface area contributed by atoms with Crippen LogP contribution in [0.4, 0.5) is 5.88 Å². The summed E-state index contributed by atoms with van der Waals surface area (Å²) < 4.78 is 17.3. The normalized spacial score (nSPS) is 15.1. The number of aryl methyl sites for hydroxylation is 3. The van der Waals surface area contributed by atoms with Crippen molar-refractivity contribution in [2.45, 2.75) is 33.4 Å². The molecular weight excluding hydrogens is 416 g/mol. The van der Waals surface area contributed by atoms with Gasteiger partial charge >= 0.3 is 0 Å². The van der Waals surface area contributed by atoms with Crippen LogP contribution in [0, 0.1) is 32.1 Å². The molecule has 7 heteroatoms. The summed E-state index contributed by atoms with van der Waals surface area (Å²) in [4.78, 5) is 6.71. The minimum Gasteiger partial charge on any atom is -0.484 e. The molecule has 3 aromatic rings. The Morgan fingerprint density at radius 2 is 1.82 bits per heavy atom. The van der Waals surface area contributed by atoms with Crippen LogP contribution >= 0.6 is 0 Å². The molecule has 0 spiro atoms. The van der Waals surface area contributed by atoms with Gasteiger partial charge in [-0.2, -0.15) is 10.2 Å². The van der Waals surface area contributed by atoms with E-state index in [0.717, 1.165) is 24.4 Å². The van der Waals surface area contributed by atoms with Gasteiger partial charge in [-0.05, 0) is 38.0 Å². The van der Waals surface area contributed by atoms with Crippen molar-refractivity contribution < 1.29 is 13.9 Å². The summed E-state index contributed by atoms with van der Waals surface area (Å²) in [7, 11) is 0. The summed E-state index contributed by atoms with van der Waals surface area (Å²) >= 11 is 0. The van der Waals surface area contributed by atoms with E-state index in [4.69, 9.17) is 13.9 Å². The summed E-state index contributed by atoms with van der Waals surface area (Å²) in [5.74, 6) is 1.52. The maximum absolute atomic E-state index is 9.57. The maximum atomic E-state index is 9.57. The molecule has 1 aromatic heterocycles. The number of nitriles is 1. The van der Waals surface area contributed by atoms with Gasteiger partial charge in [-0.1, -0.05) is 47.5 Å². The first-order chi connectivity index (χ1) is 16.0. The molecule has 0 amide bonds. The van der Waals surface area contributed by atoms with Crippen molar-refractivity contribution in [1.29, 1.82) is 5.26 Å². The Kier molecular flexibility index (Phi) is 7.28. The highest BCUT2D eigenvalue weighted by Gasteiger charge is 2.24. The molecule has 0 radical (unpaired) electrons. The average Bonchev–Trinajstić information content (AvgIpc) is 3.22.